The molecule has 1 aromatic heterocycles. The molecule has 0 saturated carbocycles. The fourth-order valence-electron chi connectivity index (χ4n) is 3.27. The van der Waals surface area contributed by atoms with Crippen molar-refractivity contribution < 1.29 is 9.53 Å². The van der Waals surface area contributed by atoms with Crippen LogP contribution in [0.2, 0.25) is 0 Å². The molecule has 1 aromatic carbocycles. The first kappa shape index (κ1) is 19.9. The van der Waals surface area contributed by atoms with Gasteiger partial charge >= 0.3 is 0 Å². The molecule has 1 aliphatic rings. The van der Waals surface area contributed by atoms with Crippen LogP contribution in [0.4, 0.5) is 11.5 Å². The number of nitrogens with zero attached hydrogens (tertiary/aromatic N) is 1. The van der Waals surface area contributed by atoms with E-state index >= 15 is 0 Å². The molecule has 5 heteroatoms. The lowest BCUT2D eigenvalue weighted by Crippen LogP contribution is -2.15. The topological polar surface area (TPSA) is 63.2 Å². The predicted molar refractivity (Wildman–Crippen MR) is 114 cm³/mol. The number of rotatable bonds is 8. The number of amides is 1. The summed E-state index contributed by atoms with van der Waals surface area (Å²) < 4.78 is 5.77. The van der Waals surface area contributed by atoms with Gasteiger partial charge in [0, 0.05) is 18.3 Å². The summed E-state index contributed by atoms with van der Waals surface area (Å²) in [6.07, 6.45) is 10.1. The van der Waals surface area contributed by atoms with E-state index in [1.165, 1.54) is 31.3 Å². The van der Waals surface area contributed by atoms with Gasteiger partial charge in [-0.2, -0.15) is 0 Å². The largest absolute Gasteiger partial charge is 0.489 e. The van der Waals surface area contributed by atoms with Gasteiger partial charge in [0.15, 0.2) is 0 Å². The molecule has 1 amide bonds. The standard InChI is InChI=1S/C23H29N3O2/c1-17(2)28-21-11-7-6-10-20(21)26-23(27)19-13-15-25-22(16-19)24-14-12-18-8-4-3-5-9-18/h6-8,10-11,13,15-17H,3-5,9,12,14H2,1-2H3,(H,24,25)(H,26,27). The average molecular weight is 380 g/mol. The Kier molecular flexibility index (Phi) is 7.06. The lowest BCUT2D eigenvalue weighted by atomic mass is 9.97. The molecule has 1 aliphatic carbocycles. The first-order valence-corrected chi connectivity index (χ1v) is 10.1. The van der Waals surface area contributed by atoms with E-state index in [0.717, 1.165) is 18.8 Å². The Morgan fingerprint density at radius 2 is 2.07 bits per heavy atom. The maximum Gasteiger partial charge on any atom is 0.255 e. The van der Waals surface area contributed by atoms with E-state index < -0.39 is 0 Å². The molecule has 5 nitrogen and oxygen atoms in total. The maximum atomic E-state index is 12.7. The van der Waals surface area contributed by atoms with Crippen LogP contribution in [0.25, 0.3) is 0 Å². The second kappa shape index (κ2) is 9.93. The van der Waals surface area contributed by atoms with Crippen LogP contribution in [0.3, 0.4) is 0 Å². The summed E-state index contributed by atoms with van der Waals surface area (Å²) >= 11 is 0. The third-order valence-electron chi connectivity index (χ3n) is 4.66. The molecule has 28 heavy (non-hydrogen) atoms. The molecule has 0 atom stereocenters. The summed E-state index contributed by atoms with van der Waals surface area (Å²) in [7, 11) is 0. The zero-order valence-electron chi connectivity index (χ0n) is 16.7. The number of pyridine rings is 1. The molecule has 0 radical (unpaired) electrons. The van der Waals surface area contributed by atoms with Gasteiger partial charge in [-0.15, -0.1) is 0 Å². The Morgan fingerprint density at radius 1 is 1.21 bits per heavy atom. The number of benzene rings is 1. The molecule has 0 aliphatic heterocycles. The van der Waals surface area contributed by atoms with Crippen molar-refractivity contribution in [1.29, 1.82) is 0 Å². The van der Waals surface area contributed by atoms with Gasteiger partial charge in [0.25, 0.3) is 5.91 Å². The molecule has 1 heterocycles. The van der Waals surface area contributed by atoms with Crippen LogP contribution in [0.5, 0.6) is 5.75 Å². The van der Waals surface area contributed by atoms with Crippen LogP contribution in [0.15, 0.2) is 54.2 Å². The molecule has 2 aromatic rings. The van der Waals surface area contributed by atoms with Crippen LogP contribution in [0.1, 0.15) is 56.3 Å². The van der Waals surface area contributed by atoms with Crippen LogP contribution in [0, 0.1) is 0 Å². The van der Waals surface area contributed by atoms with Crippen molar-refractivity contribution in [3.8, 4) is 5.75 Å². The number of hydrogen-bond donors (Lipinski definition) is 2. The van der Waals surface area contributed by atoms with Gasteiger partial charge < -0.3 is 15.4 Å². The fourth-order valence-corrected chi connectivity index (χ4v) is 3.27. The number of para-hydroxylation sites is 2. The number of allylic oxidation sites excluding steroid dienone is 1. The summed E-state index contributed by atoms with van der Waals surface area (Å²) in [6.45, 7) is 4.75. The third-order valence-corrected chi connectivity index (χ3v) is 4.66. The SMILES string of the molecule is CC(C)Oc1ccccc1NC(=O)c1ccnc(NCCC2=CCCCC2)c1. The monoisotopic (exact) mass is 379 g/mol. The lowest BCUT2D eigenvalue weighted by molar-refractivity contribution is 0.102. The van der Waals surface area contributed by atoms with Crippen molar-refractivity contribution >= 4 is 17.4 Å². The highest BCUT2D eigenvalue weighted by Gasteiger charge is 2.12. The lowest BCUT2D eigenvalue weighted by Gasteiger charge is -2.15. The number of carbonyl (C=O) groups is 1. The van der Waals surface area contributed by atoms with Crippen molar-refractivity contribution in [1.82, 2.24) is 4.98 Å². The molecule has 0 fully saturated rings. The third kappa shape index (κ3) is 5.84. The fraction of sp³-hybridized carbons (Fsp3) is 0.391. The zero-order chi connectivity index (χ0) is 19.8. The number of carbonyl (C=O) groups excluding carboxylic acids is 1. The van der Waals surface area contributed by atoms with Crippen LogP contribution < -0.4 is 15.4 Å². The van der Waals surface area contributed by atoms with E-state index in [9.17, 15) is 4.79 Å². The van der Waals surface area contributed by atoms with Gasteiger partial charge in [-0.05, 0) is 70.2 Å². The summed E-state index contributed by atoms with van der Waals surface area (Å²) in [5.41, 5.74) is 2.75. The number of hydrogen-bond acceptors (Lipinski definition) is 4. The second-order valence-corrected chi connectivity index (χ2v) is 7.33. The van der Waals surface area contributed by atoms with Crippen molar-refractivity contribution in [2.45, 2.75) is 52.1 Å². The Balaban J connectivity index is 1.60. The second-order valence-electron chi connectivity index (χ2n) is 7.33. The zero-order valence-corrected chi connectivity index (χ0v) is 16.7. The van der Waals surface area contributed by atoms with Crippen LogP contribution >= 0.6 is 0 Å². The minimum atomic E-state index is -0.180. The van der Waals surface area contributed by atoms with Crippen molar-refractivity contribution in [2.24, 2.45) is 0 Å². The van der Waals surface area contributed by atoms with E-state index in [1.807, 2.05) is 38.1 Å². The average Bonchev–Trinajstić information content (AvgIpc) is 2.70. The highest BCUT2D eigenvalue weighted by molar-refractivity contribution is 6.05. The van der Waals surface area contributed by atoms with Crippen molar-refractivity contribution in [3.05, 3.63) is 59.8 Å². The van der Waals surface area contributed by atoms with Gasteiger partial charge in [-0.25, -0.2) is 4.98 Å². The highest BCUT2D eigenvalue weighted by atomic mass is 16.5. The predicted octanol–water partition coefficient (Wildman–Crippen LogP) is 5.42. The normalized spacial score (nSPS) is 13.8. The maximum absolute atomic E-state index is 12.7. The summed E-state index contributed by atoms with van der Waals surface area (Å²) in [5, 5.41) is 6.27. The minimum absolute atomic E-state index is 0.0362. The van der Waals surface area contributed by atoms with Gasteiger partial charge in [-0.3, -0.25) is 4.79 Å². The molecule has 0 spiro atoms. The van der Waals surface area contributed by atoms with E-state index in [4.69, 9.17) is 4.74 Å². The summed E-state index contributed by atoms with van der Waals surface area (Å²) in [6, 6.07) is 11.0. The van der Waals surface area contributed by atoms with Crippen molar-refractivity contribution in [3.63, 3.8) is 0 Å². The number of aromatic nitrogens is 1. The molecule has 0 saturated heterocycles. The molecule has 2 N–H and O–H groups in total. The number of nitrogens with one attached hydrogen (secondary N) is 2. The molecule has 0 bridgehead atoms. The quantitative estimate of drug-likeness (QED) is 0.601. The van der Waals surface area contributed by atoms with Gasteiger partial charge in [-0.1, -0.05) is 23.8 Å². The molecule has 3 rings (SSSR count). The number of ether oxygens (including phenoxy) is 1. The van der Waals surface area contributed by atoms with Gasteiger partial charge in [0.05, 0.1) is 11.8 Å². The molecule has 0 unspecified atom stereocenters. The molecular weight excluding hydrogens is 350 g/mol. The van der Waals surface area contributed by atoms with Crippen molar-refractivity contribution in [2.75, 3.05) is 17.2 Å². The Bertz CT molecular complexity index is 830. The van der Waals surface area contributed by atoms with E-state index in [0.29, 0.717) is 17.0 Å². The van der Waals surface area contributed by atoms with Crippen LogP contribution in [-0.2, 0) is 0 Å². The number of anilines is 2. The van der Waals surface area contributed by atoms with Gasteiger partial charge in [0.1, 0.15) is 11.6 Å². The molecule has 148 valence electrons. The first-order valence-electron chi connectivity index (χ1n) is 10.1. The Morgan fingerprint density at radius 3 is 2.86 bits per heavy atom. The summed E-state index contributed by atoms with van der Waals surface area (Å²) in [5.74, 6) is 1.20. The first-order chi connectivity index (χ1) is 13.6. The van der Waals surface area contributed by atoms with E-state index in [2.05, 4.69) is 21.7 Å². The highest BCUT2D eigenvalue weighted by Crippen LogP contribution is 2.25. The van der Waals surface area contributed by atoms with Gasteiger partial charge in [0.2, 0.25) is 0 Å². The molecular formula is C23H29N3O2. The Hall–Kier alpha value is -2.82. The summed E-state index contributed by atoms with van der Waals surface area (Å²) in [4.78, 5) is 17.0. The smallest absolute Gasteiger partial charge is 0.255 e. The van der Waals surface area contributed by atoms with Crippen LogP contribution in [-0.4, -0.2) is 23.5 Å². The Labute approximate surface area is 167 Å². The van der Waals surface area contributed by atoms with E-state index in [-0.39, 0.29) is 12.0 Å². The van der Waals surface area contributed by atoms with E-state index in [1.54, 1.807) is 18.3 Å². The minimum Gasteiger partial charge on any atom is -0.489 e.